The van der Waals surface area contributed by atoms with E-state index in [1.54, 1.807) is 0 Å². The summed E-state index contributed by atoms with van der Waals surface area (Å²) in [5.41, 5.74) is 3.37. The number of aromatic nitrogens is 2. The van der Waals surface area contributed by atoms with Crippen LogP contribution in [0.25, 0.3) is 11.3 Å². The number of rotatable bonds is 3. The minimum atomic E-state index is 0. The summed E-state index contributed by atoms with van der Waals surface area (Å²) >= 11 is 0. The van der Waals surface area contributed by atoms with Gasteiger partial charge < -0.3 is 14.8 Å². The van der Waals surface area contributed by atoms with Gasteiger partial charge >= 0.3 is 0 Å². The van der Waals surface area contributed by atoms with Gasteiger partial charge in [0.1, 0.15) is 0 Å². The SMILES string of the molecule is C[C@H]1CN(Cc2cn(C)nc2-c2ccc3c(c2)OCCCO3)CCN1.Cl. The predicted molar refractivity (Wildman–Crippen MR) is 104 cm³/mol. The maximum atomic E-state index is 5.84. The van der Waals surface area contributed by atoms with Gasteiger partial charge in [-0.05, 0) is 25.1 Å². The van der Waals surface area contributed by atoms with Gasteiger partial charge in [-0.25, -0.2) is 0 Å². The molecule has 0 saturated carbocycles. The van der Waals surface area contributed by atoms with Crippen LogP contribution in [0, 0.1) is 0 Å². The highest BCUT2D eigenvalue weighted by molar-refractivity contribution is 5.85. The number of halogens is 1. The first kappa shape index (κ1) is 19.0. The van der Waals surface area contributed by atoms with Crippen molar-refractivity contribution in [2.75, 3.05) is 32.8 Å². The second-order valence-electron chi connectivity index (χ2n) is 6.98. The van der Waals surface area contributed by atoms with E-state index in [0.29, 0.717) is 19.3 Å². The van der Waals surface area contributed by atoms with E-state index in [2.05, 4.69) is 35.5 Å². The summed E-state index contributed by atoms with van der Waals surface area (Å²) in [7, 11) is 1.98. The summed E-state index contributed by atoms with van der Waals surface area (Å²) in [6, 6.07) is 6.68. The Morgan fingerprint density at radius 2 is 2.04 bits per heavy atom. The molecule has 0 unspecified atom stereocenters. The maximum Gasteiger partial charge on any atom is 0.161 e. The molecule has 1 aromatic heterocycles. The van der Waals surface area contributed by atoms with Gasteiger partial charge in [0.15, 0.2) is 11.5 Å². The highest BCUT2D eigenvalue weighted by Crippen LogP contribution is 2.35. The summed E-state index contributed by atoms with van der Waals surface area (Å²) in [4.78, 5) is 2.49. The number of ether oxygens (including phenoxy) is 2. The Kier molecular flexibility index (Phi) is 6.06. The number of hydrogen-bond donors (Lipinski definition) is 1. The molecule has 1 N–H and O–H groups in total. The second kappa shape index (κ2) is 8.29. The molecule has 0 radical (unpaired) electrons. The molecule has 2 aromatic rings. The minimum absolute atomic E-state index is 0. The van der Waals surface area contributed by atoms with Crippen LogP contribution in [0.15, 0.2) is 24.4 Å². The fourth-order valence-corrected chi connectivity index (χ4v) is 3.60. The van der Waals surface area contributed by atoms with E-state index in [1.807, 2.05) is 17.8 Å². The molecule has 4 rings (SSSR count). The van der Waals surface area contributed by atoms with Gasteiger partial charge in [-0.1, -0.05) is 0 Å². The van der Waals surface area contributed by atoms with Gasteiger partial charge in [0.2, 0.25) is 0 Å². The van der Waals surface area contributed by atoms with Crippen LogP contribution in [0.1, 0.15) is 18.9 Å². The fourth-order valence-electron chi connectivity index (χ4n) is 3.60. The number of nitrogens with zero attached hydrogens (tertiary/aromatic N) is 3. The number of nitrogens with one attached hydrogen (secondary N) is 1. The molecule has 26 heavy (non-hydrogen) atoms. The average Bonchev–Trinajstić information content (AvgIpc) is 2.81. The average molecular weight is 379 g/mol. The van der Waals surface area contributed by atoms with Crippen LogP contribution in [-0.4, -0.2) is 53.6 Å². The topological polar surface area (TPSA) is 51.6 Å². The van der Waals surface area contributed by atoms with E-state index < -0.39 is 0 Å². The van der Waals surface area contributed by atoms with Crippen molar-refractivity contribution in [3.63, 3.8) is 0 Å². The van der Waals surface area contributed by atoms with Crippen LogP contribution in [0.3, 0.4) is 0 Å². The Hall–Kier alpha value is -1.76. The van der Waals surface area contributed by atoms with Crippen LogP contribution >= 0.6 is 12.4 Å². The molecule has 1 aromatic carbocycles. The molecular weight excluding hydrogens is 352 g/mol. The normalized spacial score (nSPS) is 20.3. The molecule has 0 amide bonds. The van der Waals surface area contributed by atoms with Crippen LogP contribution in [-0.2, 0) is 13.6 Å². The zero-order valence-corrected chi connectivity index (χ0v) is 16.2. The summed E-state index contributed by atoms with van der Waals surface area (Å²) in [5, 5.41) is 8.21. The van der Waals surface area contributed by atoms with E-state index in [-0.39, 0.29) is 12.4 Å². The summed E-state index contributed by atoms with van der Waals surface area (Å²) < 4.78 is 13.5. The Balaban J connectivity index is 0.00000196. The number of hydrogen-bond acceptors (Lipinski definition) is 5. The first-order chi connectivity index (χ1) is 12.2. The summed E-state index contributed by atoms with van der Waals surface area (Å²) in [5.74, 6) is 1.65. The molecule has 2 aliphatic rings. The van der Waals surface area contributed by atoms with Crippen molar-refractivity contribution in [2.45, 2.75) is 25.9 Å². The van der Waals surface area contributed by atoms with E-state index in [4.69, 9.17) is 14.6 Å². The quantitative estimate of drug-likeness (QED) is 0.889. The third-order valence-corrected chi connectivity index (χ3v) is 4.77. The summed E-state index contributed by atoms with van der Waals surface area (Å²) in [6.45, 7) is 7.74. The van der Waals surface area contributed by atoms with Crippen molar-refractivity contribution in [3.05, 3.63) is 30.0 Å². The summed E-state index contributed by atoms with van der Waals surface area (Å²) in [6.07, 6.45) is 3.05. The first-order valence-electron chi connectivity index (χ1n) is 9.07. The molecule has 1 atom stereocenters. The molecule has 0 spiro atoms. The van der Waals surface area contributed by atoms with Crippen molar-refractivity contribution >= 4 is 12.4 Å². The van der Waals surface area contributed by atoms with Crippen LogP contribution < -0.4 is 14.8 Å². The standard InChI is InChI=1S/C19H26N4O2.ClH/c1-14-11-23(7-6-20-14)13-16-12-22(2)21-19(16)15-4-5-17-18(10-15)25-9-3-8-24-17;/h4-5,10,12,14,20H,3,6-9,11,13H2,1-2H3;1H/t14-;/m0./s1. The van der Waals surface area contributed by atoms with Crippen molar-refractivity contribution in [3.8, 4) is 22.8 Å². The Morgan fingerprint density at radius 3 is 2.85 bits per heavy atom. The molecule has 0 bridgehead atoms. The smallest absolute Gasteiger partial charge is 0.161 e. The van der Waals surface area contributed by atoms with Crippen molar-refractivity contribution in [1.82, 2.24) is 20.0 Å². The molecular formula is C19H27ClN4O2. The van der Waals surface area contributed by atoms with Crippen LogP contribution in [0.4, 0.5) is 0 Å². The lowest BCUT2D eigenvalue weighted by Crippen LogP contribution is -2.48. The van der Waals surface area contributed by atoms with Gasteiger partial charge in [0.05, 0.1) is 18.9 Å². The monoisotopic (exact) mass is 378 g/mol. The largest absolute Gasteiger partial charge is 0.490 e. The molecule has 142 valence electrons. The lowest BCUT2D eigenvalue weighted by molar-refractivity contribution is 0.200. The lowest BCUT2D eigenvalue weighted by Gasteiger charge is -2.31. The third kappa shape index (κ3) is 4.14. The zero-order chi connectivity index (χ0) is 17.2. The zero-order valence-electron chi connectivity index (χ0n) is 15.4. The van der Waals surface area contributed by atoms with Crippen molar-refractivity contribution < 1.29 is 9.47 Å². The number of aryl methyl sites for hydroxylation is 1. The predicted octanol–water partition coefficient (Wildman–Crippen LogP) is 2.46. The van der Waals surface area contributed by atoms with Crippen LogP contribution in [0.2, 0.25) is 0 Å². The van der Waals surface area contributed by atoms with Crippen molar-refractivity contribution in [1.29, 1.82) is 0 Å². The minimum Gasteiger partial charge on any atom is -0.490 e. The maximum absolute atomic E-state index is 5.84. The number of piperazine rings is 1. The van der Waals surface area contributed by atoms with Gasteiger partial charge in [0, 0.05) is 63.0 Å². The highest BCUT2D eigenvalue weighted by atomic mass is 35.5. The Bertz CT molecular complexity index is 749. The van der Waals surface area contributed by atoms with Crippen molar-refractivity contribution in [2.24, 2.45) is 7.05 Å². The van der Waals surface area contributed by atoms with E-state index in [0.717, 1.165) is 55.4 Å². The molecule has 1 saturated heterocycles. The van der Waals surface area contributed by atoms with Crippen LogP contribution in [0.5, 0.6) is 11.5 Å². The lowest BCUT2D eigenvalue weighted by atomic mass is 10.1. The second-order valence-corrected chi connectivity index (χ2v) is 6.98. The van der Waals surface area contributed by atoms with Gasteiger partial charge in [-0.15, -0.1) is 12.4 Å². The first-order valence-corrected chi connectivity index (χ1v) is 9.07. The Morgan fingerprint density at radius 1 is 1.23 bits per heavy atom. The van der Waals surface area contributed by atoms with E-state index in [1.165, 1.54) is 5.56 Å². The number of benzene rings is 1. The molecule has 1 fully saturated rings. The van der Waals surface area contributed by atoms with E-state index in [9.17, 15) is 0 Å². The van der Waals surface area contributed by atoms with Gasteiger partial charge in [-0.3, -0.25) is 9.58 Å². The van der Waals surface area contributed by atoms with Gasteiger partial charge in [-0.2, -0.15) is 5.10 Å². The van der Waals surface area contributed by atoms with Gasteiger partial charge in [0.25, 0.3) is 0 Å². The molecule has 3 heterocycles. The highest BCUT2D eigenvalue weighted by Gasteiger charge is 2.20. The molecule has 2 aliphatic heterocycles. The third-order valence-electron chi connectivity index (χ3n) is 4.77. The van der Waals surface area contributed by atoms with E-state index >= 15 is 0 Å². The fraction of sp³-hybridized carbons (Fsp3) is 0.526. The molecule has 6 nitrogen and oxygen atoms in total. The molecule has 0 aliphatic carbocycles. The Labute approximate surface area is 160 Å². The number of fused-ring (bicyclic) bond motifs is 1. The molecule has 7 heteroatoms.